The van der Waals surface area contributed by atoms with Crippen molar-refractivity contribution in [2.45, 2.75) is 43.8 Å². The van der Waals surface area contributed by atoms with Crippen molar-refractivity contribution in [1.82, 2.24) is 0 Å². The van der Waals surface area contributed by atoms with Crippen LogP contribution in [0.15, 0.2) is 24.3 Å². The predicted octanol–water partition coefficient (Wildman–Crippen LogP) is 2.22. The second kappa shape index (κ2) is 6.74. The van der Waals surface area contributed by atoms with E-state index in [0.717, 1.165) is 5.56 Å². The van der Waals surface area contributed by atoms with Crippen LogP contribution in [0.3, 0.4) is 0 Å². The van der Waals surface area contributed by atoms with E-state index in [-0.39, 0.29) is 34.8 Å². The molecule has 23 heavy (non-hydrogen) atoms. The molecule has 1 unspecified atom stereocenters. The normalized spacial score (nSPS) is 18.6. The molecule has 0 saturated carbocycles. The van der Waals surface area contributed by atoms with Crippen molar-refractivity contribution in [2.24, 2.45) is 5.73 Å². The van der Waals surface area contributed by atoms with Crippen LogP contribution < -0.4 is 10.6 Å². The molecule has 1 fully saturated rings. The predicted molar refractivity (Wildman–Crippen MR) is 92.3 cm³/mol. The summed E-state index contributed by atoms with van der Waals surface area (Å²) in [6.45, 7) is 4.09. The third-order valence-corrected chi connectivity index (χ3v) is 5.23. The van der Waals surface area contributed by atoms with E-state index >= 15 is 0 Å². The van der Waals surface area contributed by atoms with Crippen LogP contribution in [-0.2, 0) is 19.8 Å². The molecule has 2 N–H and O–H groups in total. The third-order valence-electron chi connectivity index (χ3n) is 4.29. The van der Waals surface area contributed by atoms with E-state index in [1.807, 2.05) is 32.2 Å². The third kappa shape index (κ3) is 3.75. The largest absolute Gasteiger partial charge is 0.370 e. The Morgan fingerprint density at radius 3 is 2.39 bits per heavy atom. The van der Waals surface area contributed by atoms with Gasteiger partial charge in [0.05, 0.1) is 10.9 Å². The molecule has 1 aliphatic rings. The molecule has 1 aliphatic heterocycles. The second-order valence-electron chi connectivity index (χ2n) is 6.39. The molecule has 3 amide bonds. The van der Waals surface area contributed by atoms with E-state index in [1.165, 1.54) is 16.7 Å². The Morgan fingerprint density at radius 2 is 1.91 bits per heavy atom. The molecule has 0 spiro atoms. The number of anilines is 1. The van der Waals surface area contributed by atoms with E-state index in [2.05, 4.69) is 0 Å². The van der Waals surface area contributed by atoms with E-state index < -0.39 is 0 Å². The van der Waals surface area contributed by atoms with Gasteiger partial charge < -0.3 is 5.73 Å². The average molecular weight is 334 g/mol. The van der Waals surface area contributed by atoms with E-state index in [9.17, 15) is 14.4 Å². The molecular weight excluding hydrogens is 312 g/mol. The van der Waals surface area contributed by atoms with Gasteiger partial charge in [-0.05, 0) is 35.8 Å². The number of primary amides is 1. The highest BCUT2D eigenvalue weighted by Gasteiger charge is 2.39. The molecule has 1 saturated heterocycles. The minimum Gasteiger partial charge on any atom is -0.370 e. The lowest BCUT2D eigenvalue weighted by atomic mass is 9.80. The molecule has 5 nitrogen and oxygen atoms in total. The first-order chi connectivity index (χ1) is 10.8. The van der Waals surface area contributed by atoms with Gasteiger partial charge in [0.15, 0.2) is 0 Å². The number of rotatable bonds is 6. The Kier molecular flexibility index (Phi) is 5.14. The zero-order valence-electron chi connectivity index (χ0n) is 13.7. The van der Waals surface area contributed by atoms with Gasteiger partial charge in [0.25, 0.3) is 0 Å². The van der Waals surface area contributed by atoms with Gasteiger partial charge in [0, 0.05) is 12.8 Å². The fourth-order valence-corrected chi connectivity index (χ4v) is 3.32. The lowest BCUT2D eigenvalue weighted by Gasteiger charge is -2.25. The molecule has 0 aliphatic carbocycles. The zero-order chi connectivity index (χ0) is 17.2. The van der Waals surface area contributed by atoms with Crippen LogP contribution >= 0.6 is 11.8 Å². The number of thioether (sulfide) groups is 1. The minimum absolute atomic E-state index is 0.150. The highest BCUT2D eigenvalue weighted by molar-refractivity contribution is 8.00. The van der Waals surface area contributed by atoms with Crippen molar-refractivity contribution >= 4 is 35.2 Å². The maximum atomic E-state index is 12.2. The van der Waals surface area contributed by atoms with Crippen LogP contribution in [-0.4, -0.2) is 29.2 Å². The van der Waals surface area contributed by atoms with Crippen molar-refractivity contribution in [3.8, 4) is 0 Å². The summed E-state index contributed by atoms with van der Waals surface area (Å²) in [5, 5.41) is -0.283. The molecule has 124 valence electrons. The summed E-state index contributed by atoms with van der Waals surface area (Å²) in [5.74, 6) is -0.621. The molecule has 1 heterocycles. The zero-order valence-corrected chi connectivity index (χ0v) is 14.5. The minimum atomic E-state index is -0.314. The fraction of sp³-hybridized carbons (Fsp3) is 0.471. The van der Waals surface area contributed by atoms with Gasteiger partial charge >= 0.3 is 0 Å². The number of imide groups is 1. The van der Waals surface area contributed by atoms with E-state index in [4.69, 9.17) is 5.73 Å². The summed E-state index contributed by atoms with van der Waals surface area (Å²) in [7, 11) is 0. The van der Waals surface area contributed by atoms with Crippen molar-refractivity contribution < 1.29 is 14.4 Å². The first kappa shape index (κ1) is 17.5. The van der Waals surface area contributed by atoms with Crippen LogP contribution in [0.1, 0.15) is 38.7 Å². The molecular formula is C17H22N2O3S. The van der Waals surface area contributed by atoms with Crippen LogP contribution in [0.4, 0.5) is 5.69 Å². The molecule has 1 aromatic carbocycles. The molecule has 0 aromatic heterocycles. The first-order valence-corrected chi connectivity index (χ1v) is 8.83. The first-order valence-electron chi connectivity index (χ1n) is 7.54. The van der Waals surface area contributed by atoms with Crippen LogP contribution in [0.25, 0.3) is 0 Å². The van der Waals surface area contributed by atoms with Gasteiger partial charge in [0.2, 0.25) is 17.7 Å². The SMILES string of the molecule is CSC1CC(=O)N(c2ccc(C(C)(C)CCC(N)=O)cc2)C1=O. The summed E-state index contributed by atoms with van der Waals surface area (Å²) < 4.78 is 0. The van der Waals surface area contributed by atoms with Crippen LogP contribution in [0.2, 0.25) is 0 Å². The van der Waals surface area contributed by atoms with E-state index in [0.29, 0.717) is 18.5 Å². The number of hydrogen-bond acceptors (Lipinski definition) is 4. The van der Waals surface area contributed by atoms with Crippen molar-refractivity contribution in [2.75, 3.05) is 11.2 Å². The summed E-state index contributed by atoms with van der Waals surface area (Å²) in [6.07, 6.45) is 3.07. The number of carbonyl (C=O) groups is 3. The number of carbonyl (C=O) groups excluding carboxylic acids is 3. The number of amides is 3. The molecule has 1 atom stereocenters. The molecule has 2 rings (SSSR count). The molecule has 6 heteroatoms. The van der Waals surface area contributed by atoms with Gasteiger partial charge in [-0.2, -0.15) is 11.8 Å². The summed E-state index contributed by atoms with van der Waals surface area (Å²) in [5.41, 5.74) is 6.67. The standard InChI is InChI=1S/C17H22N2O3S/c1-17(2,9-8-14(18)20)11-4-6-12(7-5-11)19-15(21)10-13(23-3)16(19)22/h4-7,13H,8-10H2,1-3H3,(H2,18,20). The molecule has 1 aromatic rings. The molecule has 0 bridgehead atoms. The smallest absolute Gasteiger partial charge is 0.247 e. The number of nitrogens with zero attached hydrogens (tertiary/aromatic N) is 1. The quantitative estimate of drug-likeness (QED) is 0.809. The summed E-state index contributed by atoms with van der Waals surface area (Å²) in [4.78, 5) is 36.5. The van der Waals surface area contributed by atoms with E-state index in [1.54, 1.807) is 12.1 Å². The van der Waals surface area contributed by atoms with Gasteiger partial charge in [-0.25, -0.2) is 4.90 Å². The number of benzene rings is 1. The number of nitrogens with two attached hydrogens (primary N) is 1. The lowest BCUT2D eigenvalue weighted by Crippen LogP contribution is -2.31. The van der Waals surface area contributed by atoms with Crippen molar-refractivity contribution in [3.63, 3.8) is 0 Å². The Bertz CT molecular complexity index is 625. The number of hydrogen-bond donors (Lipinski definition) is 1. The molecule has 0 radical (unpaired) electrons. The highest BCUT2D eigenvalue weighted by Crippen LogP contribution is 2.32. The fourth-order valence-electron chi connectivity index (χ4n) is 2.70. The maximum Gasteiger partial charge on any atom is 0.247 e. The monoisotopic (exact) mass is 334 g/mol. The Morgan fingerprint density at radius 1 is 1.30 bits per heavy atom. The maximum absolute atomic E-state index is 12.2. The van der Waals surface area contributed by atoms with Gasteiger partial charge in [-0.15, -0.1) is 0 Å². The van der Waals surface area contributed by atoms with Gasteiger partial charge in [-0.3, -0.25) is 14.4 Å². The topological polar surface area (TPSA) is 80.5 Å². The average Bonchev–Trinajstić information content (AvgIpc) is 2.79. The highest BCUT2D eigenvalue weighted by atomic mass is 32.2. The summed E-state index contributed by atoms with van der Waals surface area (Å²) in [6, 6.07) is 7.40. The van der Waals surface area contributed by atoms with Gasteiger partial charge in [0.1, 0.15) is 0 Å². The summed E-state index contributed by atoms with van der Waals surface area (Å²) >= 11 is 1.40. The Balaban J connectivity index is 2.18. The van der Waals surface area contributed by atoms with Crippen molar-refractivity contribution in [1.29, 1.82) is 0 Å². The van der Waals surface area contributed by atoms with Crippen LogP contribution in [0.5, 0.6) is 0 Å². The van der Waals surface area contributed by atoms with Crippen molar-refractivity contribution in [3.05, 3.63) is 29.8 Å². The second-order valence-corrected chi connectivity index (χ2v) is 7.43. The Hall–Kier alpha value is -1.82. The van der Waals surface area contributed by atoms with Gasteiger partial charge in [-0.1, -0.05) is 26.0 Å². The lowest BCUT2D eigenvalue weighted by molar-refractivity contribution is -0.121. The van der Waals surface area contributed by atoms with Crippen LogP contribution in [0, 0.1) is 0 Å². The Labute approximate surface area is 140 Å².